The van der Waals surface area contributed by atoms with Gasteiger partial charge in [-0.2, -0.15) is 18.3 Å². The number of carbonyl (C=O) groups is 1. The van der Waals surface area contributed by atoms with Crippen molar-refractivity contribution in [1.29, 1.82) is 5.41 Å². The minimum absolute atomic E-state index is 0.122. The maximum Gasteiger partial charge on any atom is 0.416 e. The monoisotopic (exact) mass is 577 g/mol. The Morgan fingerprint density at radius 3 is 2.76 bits per heavy atom. The standard InChI is InChI=1S/C31H34F3N7O/c1-5-7-8-9-25(31(32,33)34)20(3)14-26(35)29-28-27(37-19-38-28)12-13-41(29)30(42)24-17-36-15-22(24)11-10-21(6-2)23-16-39-40(4)18-23/h6-11,14,16-19,29,35H,5,12-13,15H2,1-4H3,(H,37,38)/b8-7-,11-10-,20-14+,21-6+,25-9+,35-26?. The summed E-state index contributed by atoms with van der Waals surface area (Å²) in [4.78, 5) is 27.2. The van der Waals surface area contributed by atoms with Crippen LogP contribution in [0.15, 0.2) is 88.5 Å². The molecule has 0 aromatic carbocycles. The molecule has 8 nitrogen and oxygen atoms in total. The van der Waals surface area contributed by atoms with E-state index in [-0.39, 0.29) is 23.7 Å². The highest BCUT2D eigenvalue weighted by atomic mass is 19.4. The Bertz CT molecular complexity index is 1560. The Labute approximate surface area is 242 Å². The van der Waals surface area contributed by atoms with Gasteiger partial charge in [-0.15, -0.1) is 0 Å². The van der Waals surface area contributed by atoms with E-state index in [0.717, 1.165) is 22.9 Å². The van der Waals surface area contributed by atoms with Gasteiger partial charge in [-0.25, -0.2) is 4.98 Å². The van der Waals surface area contributed by atoms with E-state index in [1.165, 1.54) is 36.5 Å². The normalized spacial score (nSPS) is 18.6. The number of aliphatic imine (C=N–C) groups is 1. The van der Waals surface area contributed by atoms with E-state index in [2.05, 4.69) is 20.1 Å². The Hall–Kier alpha value is -4.54. The molecule has 1 atom stereocenters. The zero-order chi connectivity index (χ0) is 30.4. The number of aryl methyl sites for hydroxylation is 1. The molecule has 0 bridgehead atoms. The summed E-state index contributed by atoms with van der Waals surface area (Å²) in [5, 5.41) is 13.1. The fourth-order valence-corrected chi connectivity index (χ4v) is 4.96. The number of H-pyrrole nitrogens is 1. The van der Waals surface area contributed by atoms with Crippen molar-refractivity contribution in [1.82, 2.24) is 24.6 Å². The van der Waals surface area contributed by atoms with Crippen LogP contribution in [0.2, 0.25) is 0 Å². The van der Waals surface area contributed by atoms with Crippen molar-refractivity contribution in [2.45, 2.75) is 45.8 Å². The second-order valence-corrected chi connectivity index (χ2v) is 10.0. The van der Waals surface area contributed by atoms with E-state index in [1.807, 2.05) is 45.3 Å². The summed E-state index contributed by atoms with van der Waals surface area (Å²) in [5.74, 6) is -0.355. The van der Waals surface area contributed by atoms with Gasteiger partial charge in [-0.05, 0) is 43.1 Å². The molecule has 0 fully saturated rings. The first-order valence-corrected chi connectivity index (χ1v) is 13.7. The minimum Gasteiger partial charge on any atom is -0.348 e. The molecule has 2 aromatic heterocycles. The molecular weight excluding hydrogens is 543 g/mol. The number of allylic oxidation sites excluding steroid dienone is 8. The lowest BCUT2D eigenvalue weighted by molar-refractivity contribution is -0.128. The number of halogens is 3. The topological polar surface area (TPSA) is 103 Å². The summed E-state index contributed by atoms with van der Waals surface area (Å²) in [6.07, 6.45) is 14.0. The van der Waals surface area contributed by atoms with Gasteiger partial charge in [0.15, 0.2) is 0 Å². The number of alkyl halides is 3. The number of aromatic nitrogens is 4. The number of aromatic amines is 1. The number of amides is 1. The van der Waals surface area contributed by atoms with Crippen LogP contribution in [0.3, 0.4) is 0 Å². The molecule has 2 N–H and O–H groups in total. The molecule has 220 valence electrons. The van der Waals surface area contributed by atoms with Crippen molar-refractivity contribution in [2.24, 2.45) is 12.0 Å². The predicted octanol–water partition coefficient (Wildman–Crippen LogP) is 6.03. The lowest BCUT2D eigenvalue weighted by Crippen LogP contribution is -2.44. The van der Waals surface area contributed by atoms with E-state index < -0.39 is 17.8 Å². The van der Waals surface area contributed by atoms with Gasteiger partial charge in [0.2, 0.25) is 0 Å². The fourth-order valence-electron chi connectivity index (χ4n) is 4.96. The predicted molar refractivity (Wildman–Crippen MR) is 158 cm³/mol. The second kappa shape index (κ2) is 13.0. The van der Waals surface area contributed by atoms with Crippen molar-refractivity contribution in [2.75, 3.05) is 13.1 Å². The van der Waals surface area contributed by atoms with Crippen molar-refractivity contribution >= 4 is 23.4 Å². The zero-order valence-corrected chi connectivity index (χ0v) is 24.0. The summed E-state index contributed by atoms with van der Waals surface area (Å²) in [7, 11) is 1.84. The quantitative estimate of drug-likeness (QED) is 0.281. The average molecular weight is 578 g/mol. The fraction of sp³-hybridized carbons (Fsp3) is 0.323. The van der Waals surface area contributed by atoms with E-state index in [0.29, 0.717) is 36.2 Å². The van der Waals surface area contributed by atoms with Crippen molar-refractivity contribution in [3.63, 3.8) is 0 Å². The number of nitrogens with zero attached hydrogens (tertiary/aromatic N) is 5. The average Bonchev–Trinajstić information content (AvgIpc) is 3.71. The number of rotatable bonds is 9. The van der Waals surface area contributed by atoms with Crippen molar-refractivity contribution in [3.05, 3.63) is 100 Å². The van der Waals surface area contributed by atoms with Crippen LogP contribution in [0, 0.1) is 5.41 Å². The molecule has 2 aliphatic heterocycles. The molecule has 11 heteroatoms. The Balaban J connectivity index is 1.67. The van der Waals surface area contributed by atoms with Crippen molar-refractivity contribution < 1.29 is 18.0 Å². The molecule has 0 aliphatic carbocycles. The Morgan fingerprint density at radius 1 is 1.31 bits per heavy atom. The molecule has 0 radical (unpaired) electrons. The minimum atomic E-state index is -4.60. The first-order valence-electron chi connectivity index (χ1n) is 13.7. The summed E-state index contributed by atoms with van der Waals surface area (Å²) >= 11 is 0. The summed E-state index contributed by atoms with van der Waals surface area (Å²) in [6.45, 7) is 5.65. The summed E-state index contributed by atoms with van der Waals surface area (Å²) in [5.41, 5.74) is 3.01. The van der Waals surface area contributed by atoms with Crippen LogP contribution in [0.5, 0.6) is 0 Å². The van der Waals surface area contributed by atoms with Gasteiger partial charge in [0.1, 0.15) is 6.04 Å². The van der Waals surface area contributed by atoms with Crippen LogP contribution in [0.1, 0.15) is 50.2 Å². The lowest BCUT2D eigenvalue weighted by atomic mass is 9.94. The number of fused-ring (bicyclic) bond motifs is 1. The van der Waals surface area contributed by atoms with Crippen LogP contribution >= 0.6 is 0 Å². The molecule has 42 heavy (non-hydrogen) atoms. The van der Waals surface area contributed by atoms with Gasteiger partial charge >= 0.3 is 6.18 Å². The number of hydrogen-bond acceptors (Lipinski definition) is 5. The van der Waals surface area contributed by atoms with E-state index in [1.54, 1.807) is 17.0 Å². The Kier molecular flexibility index (Phi) is 9.39. The van der Waals surface area contributed by atoms with Gasteiger partial charge in [-0.1, -0.05) is 43.4 Å². The first-order chi connectivity index (χ1) is 20.0. The number of carbonyl (C=O) groups excluding carboxylic acids is 1. The molecule has 0 saturated carbocycles. The molecular formula is C31H34F3N7O. The van der Waals surface area contributed by atoms with E-state index in [4.69, 9.17) is 5.41 Å². The SMILES string of the molecule is C/C=C(\C=C/C1=C(C(=O)N2CCc3[nH]cnc3C2C(=N)/C=C(C)/C(=C\C=C/CC)C(F)(F)F)C=NC1)c1cnn(C)c1. The van der Waals surface area contributed by atoms with Gasteiger partial charge in [-0.3, -0.25) is 14.5 Å². The number of hydrogen-bond donors (Lipinski definition) is 2. The maximum atomic E-state index is 14.0. The first kappa shape index (κ1) is 30.4. The Morgan fingerprint density at radius 2 is 2.10 bits per heavy atom. The lowest BCUT2D eigenvalue weighted by Gasteiger charge is -2.35. The van der Waals surface area contributed by atoms with Crippen LogP contribution in [0.25, 0.3) is 5.57 Å². The van der Waals surface area contributed by atoms with Gasteiger partial charge in [0.25, 0.3) is 5.91 Å². The second-order valence-electron chi connectivity index (χ2n) is 10.0. The highest BCUT2D eigenvalue weighted by molar-refractivity contribution is 6.16. The maximum absolute atomic E-state index is 14.0. The third-order valence-corrected chi connectivity index (χ3v) is 7.09. The van der Waals surface area contributed by atoms with E-state index >= 15 is 0 Å². The molecule has 4 heterocycles. The molecule has 1 unspecified atom stereocenters. The van der Waals surface area contributed by atoms with Crippen LogP contribution in [0.4, 0.5) is 13.2 Å². The molecule has 0 saturated heterocycles. The third kappa shape index (κ3) is 6.67. The summed E-state index contributed by atoms with van der Waals surface area (Å²) < 4.78 is 43.3. The zero-order valence-electron chi connectivity index (χ0n) is 24.0. The highest BCUT2D eigenvalue weighted by Crippen LogP contribution is 2.34. The van der Waals surface area contributed by atoms with Crippen molar-refractivity contribution in [3.8, 4) is 0 Å². The smallest absolute Gasteiger partial charge is 0.348 e. The number of nitrogens with one attached hydrogen (secondary N) is 2. The highest BCUT2D eigenvalue weighted by Gasteiger charge is 2.38. The molecule has 2 aromatic rings. The van der Waals surface area contributed by atoms with Crippen LogP contribution < -0.4 is 0 Å². The van der Waals surface area contributed by atoms with Crippen LogP contribution in [-0.4, -0.2) is 61.7 Å². The third-order valence-electron chi connectivity index (χ3n) is 7.09. The summed E-state index contributed by atoms with van der Waals surface area (Å²) in [6, 6.07) is -0.962. The van der Waals surface area contributed by atoms with Crippen LogP contribution in [-0.2, 0) is 18.3 Å². The molecule has 2 aliphatic rings. The van der Waals surface area contributed by atoms with Gasteiger partial charge in [0, 0.05) is 43.7 Å². The number of imidazole rings is 1. The van der Waals surface area contributed by atoms with Gasteiger partial charge < -0.3 is 15.3 Å². The largest absolute Gasteiger partial charge is 0.416 e. The molecule has 4 rings (SSSR count). The van der Waals surface area contributed by atoms with Gasteiger partial charge in [0.05, 0.1) is 41.6 Å². The molecule has 1 amide bonds. The molecule has 0 spiro atoms. The van der Waals surface area contributed by atoms with E-state index in [9.17, 15) is 18.0 Å².